The molecule has 7 heteroatoms. The number of hydrogen-bond acceptors (Lipinski definition) is 3. The highest BCUT2D eigenvalue weighted by atomic mass is 19.1. The van der Waals surface area contributed by atoms with Gasteiger partial charge in [-0.25, -0.2) is 4.39 Å². The third-order valence-electron chi connectivity index (χ3n) is 4.13. The van der Waals surface area contributed by atoms with Crippen molar-refractivity contribution in [2.75, 3.05) is 11.4 Å². The molecular weight excluding hydrogens is 315 g/mol. The van der Waals surface area contributed by atoms with Crippen LogP contribution in [0.5, 0.6) is 0 Å². The van der Waals surface area contributed by atoms with Crippen molar-refractivity contribution in [3.05, 3.63) is 29.6 Å². The number of halogens is 1. The maximum absolute atomic E-state index is 13.4. The Kier molecular flexibility index (Phi) is 5.54. The minimum atomic E-state index is -0.912. The second-order valence-corrected chi connectivity index (χ2v) is 6.18. The van der Waals surface area contributed by atoms with E-state index in [4.69, 9.17) is 5.11 Å². The fourth-order valence-corrected chi connectivity index (χ4v) is 2.70. The van der Waals surface area contributed by atoms with Gasteiger partial charge < -0.3 is 15.3 Å². The van der Waals surface area contributed by atoms with Gasteiger partial charge in [-0.1, -0.05) is 0 Å². The van der Waals surface area contributed by atoms with Crippen LogP contribution in [0.4, 0.5) is 10.1 Å². The zero-order chi connectivity index (χ0) is 17.9. The Morgan fingerprint density at radius 2 is 2.17 bits per heavy atom. The molecule has 1 aliphatic heterocycles. The number of benzene rings is 1. The van der Waals surface area contributed by atoms with Gasteiger partial charge in [0.1, 0.15) is 5.82 Å². The molecule has 0 saturated carbocycles. The van der Waals surface area contributed by atoms with E-state index < -0.39 is 11.9 Å². The molecule has 1 saturated heterocycles. The van der Waals surface area contributed by atoms with E-state index in [0.29, 0.717) is 17.7 Å². The summed E-state index contributed by atoms with van der Waals surface area (Å²) in [5.41, 5.74) is 1.02. The predicted molar refractivity (Wildman–Crippen MR) is 86.1 cm³/mol. The molecule has 2 atom stereocenters. The van der Waals surface area contributed by atoms with Gasteiger partial charge in [0.15, 0.2) is 0 Å². The highest BCUT2D eigenvalue weighted by molar-refractivity contribution is 6.00. The quantitative estimate of drug-likeness (QED) is 0.830. The Balaban J connectivity index is 1.97. The molecule has 130 valence electrons. The average molecular weight is 336 g/mol. The van der Waals surface area contributed by atoms with Gasteiger partial charge in [-0.3, -0.25) is 14.4 Å². The molecule has 0 radical (unpaired) electrons. The lowest BCUT2D eigenvalue weighted by Gasteiger charge is -2.18. The number of rotatable bonds is 6. The number of hydrogen-bond donors (Lipinski definition) is 2. The van der Waals surface area contributed by atoms with Gasteiger partial charge >= 0.3 is 5.97 Å². The van der Waals surface area contributed by atoms with E-state index in [0.717, 1.165) is 0 Å². The lowest BCUT2D eigenvalue weighted by Crippen LogP contribution is -2.38. The zero-order valence-corrected chi connectivity index (χ0v) is 13.7. The van der Waals surface area contributed by atoms with Crippen LogP contribution in [0.15, 0.2) is 18.2 Å². The number of carbonyl (C=O) groups excluding carboxylic acids is 2. The Labute approximate surface area is 139 Å². The van der Waals surface area contributed by atoms with Gasteiger partial charge in [0.2, 0.25) is 11.8 Å². The molecule has 1 aromatic rings. The van der Waals surface area contributed by atoms with Crippen LogP contribution in [0, 0.1) is 18.7 Å². The van der Waals surface area contributed by atoms with Crippen LogP contribution in [-0.4, -0.2) is 35.5 Å². The second-order valence-electron chi connectivity index (χ2n) is 6.18. The molecule has 1 aromatic carbocycles. The predicted octanol–water partition coefficient (Wildman–Crippen LogP) is 1.86. The fraction of sp³-hybridized carbons (Fsp3) is 0.471. The lowest BCUT2D eigenvalue weighted by atomic mass is 10.1. The summed E-state index contributed by atoms with van der Waals surface area (Å²) in [5.74, 6) is -2.19. The maximum atomic E-state index is 13.4. The number of carboxylic acids is 1. The smallest absolute Gasteiger partial charge is 0.303 e. The molecule has 0 aliphatic carbocycles. The molecule has 24 heavy (non-hydrogen) atoms. The SMILES string of the molecule is Cc1cc(N2CC(C(=O)NC(C)CCC(=O)O)CC2=O)ccc1F. The van der Waals surface area contributed by atoms with Crippen LogP contribution >= 0.6 is 0 Å². The Morgan fingerprint density at radius 1 is 1.46 bits per heavy atom. The number of nitrogens with one attached hydrogen (secondary N) is 1. The summed E-state index contributed by atoms with van der Waals surface area (Å²) in [6.07, 6.45) is 0.405. The normalized spacial score (nSPS) is 18.5. The van der Waals surface area contributed by atoms with E-state index in [-0.39, 0.29) is 43.1 Å². The van der Waals surface area contributed by atoms with Crippen LogP contribution in [-0.2, 0) is 14.4 Å². The number of carboxylic acid groups (broad SMARTS) is 1. The van der Waals surface area contributed by atoms with Crippen molar-refractivity contribution in [3.8, 4) is 0 Å². The van der Waals surface area contributed by atoms with E-state index in [9.17, 15) is 18.8 Å². The summed E-state index contributed by atoms with van der Waals surface area (Å²) in [5, 5.41) is 11.4. The summed E-state index contributed by atoms with van der Waals surface area (Å²) in [4.78, 5) is 36.4. The summed E-state index contributed by atoms with van der Waals surface area (Å²) in [6, 6.07) is 4.14. The number of aliphatic carboxylic acids is 1. The molecule has 2 rings (SSSR count). The molecule has 0 spiro atoms. The van der Waals surface area contributed by atoms with Gasteiger partial charge in [0, 0.05) is 31.1 Å². The summed E-state index contributed by atoms with van der Waals surface area (Å²) in [6.45, 7) is 3.59. The van der Waals surface area contributed by atoms with E-state index in [1.54, 1.807) is 19.9 Å². The maximum Gasteiger partial charge on any atom is 0.303 e. The first kappa shape index (κ1) is 17.9. The van der Waals surface area contributed by atoms with E-state index in [2.05, 4.69) is 5.32 Å². The van der Waals surface area contributed by atoms with Crippen molar-refractivity contribution in [3.63, 3.8) is 0 Å². The first-order valence-electron chi connectivity index (χ1n) is 7.86. The Hall–Kier alpha value is -2.44. The highest BCUT2D eigenvalue weighted by Gasteiger charge is 2.35. The molecule has 0 aromatic heterocycles. The minimum absolute atomic E-state index is 0.0218. The van der Waals surface area contributed by atoms with E-state index >= 15 is 0 Å². The first-order chi connectivity index (χ1) is 11.3. The first-order valence-corrected chi connectivity index (χ1v) is 7.86. The number of anilines is 1. The Morgan fingerprint density at radius 3 is 2.79 bits per heavy atom. The van der Waals surface area contributed by atoms with Gasteiger partial charge in [-0.05, 0) is 44.0 Å². The van der Waals surface area contributed by atoms with Crippen molar-refractivity contribution in [2.45, 2.75) is 39.2 Å². The van der Waals surface area contributed by atoms with Crippen LogP contribution in [0.25, 0.3) is 0 Å². The summed E-state index contributed by atoms with van der Waals surface area (Å²) >= 11 is 0. The van der Waals surface area contributed by atoms with Gasteiger partial charge in [-0.2, -0.15) is 0 Å². The third-order valence-corrected chi connectivity index (χ3v) is 4.13. The molecule has 2 unspecified atom stereocenters. The lowest BCUT2D eigenvalue weighted by molar-refractivity contribution is -0.137. The third kappa shape index (κ3) is 4.31. The van der Waals surface area contributed by atoms with Gasteiger partial charge in [0.25, 0.3) is 0 Å². The highest BCUT2D eigenvalue weighted by Crippen LogP contribution is 2.26. The van der Waals surface area contributed by atoms with E-state index in [1.165, 1.54) is 17.0 Å². The summed E-state index contributed by atoms with van der Waals surface area (Å²) in [7, 11) is 0. The number of aryl methyl sites for hydroxylation is 1. The van der Waals surface area contributed by atoms with Crippen LogP contribution in [0.1, 0.15) is 31.7 Å². The number of nitrogens with zero attached hydrogens (tertiary/aromatic N) is 1. The monoisotopic (exact) mass is 336 g/mol. The molecule has 2 amide bonds. The van der Waals surface area contributed by atoms with Crippen LogP contribution in [0.2, 0.25) is 0 Å². The van der Waals surface area contributed by atoms with Gasteiger partial charge in [-0.15, -0.1) is 0 Å². The average Bonchev–Trinajstić information content (AvgIpc) is 2.90. The fourth-order valence-electron chi connectivity index (χ4n) is 2.70. The summed E-state index contributed by atoms with van der Waals surface area (Å²) < 4.78 is 13.4. The number of amides is 2. The standard InChI is InChI=1S/C17H21FN2O4/c1-10-7-13(4-5-14(10)18)20-9-12(8-15(20)21)17(24)19-11(2)3-6-16(22)23/h4-5,7,11-12H,3,6,8-9H2,1-2H3,(H,19,24)(H,22,23). The molecule has 1 aliphatic rings. The van der Waals surface area contributed by atoms with E-state index in [1.807, 2.05) is 0 Å². The molecule has 1 heterocycles. The molecule has 6 nitrogen and oxygen atoms in total. The van der Waals surface area contributed by atoms with Crippen LogP contribution < -0.4 is 10.2 Å². The van der Waals surface area contributed by atoms with Crippen molar-refractivity contribution in [1.82, 2.24) is 5.32 Å². The van der Waals surface area contributed by atoms with Gasteiger partial charge in [0.05, 0.1) is 5.92 Å². The van der Waals surface area contributed by atoms with Crippen LogP contribution in [0.3, 0.4) is 0 Å². The Bertz CT molecular complexity index is 662. The minimum Gasteiger partial charge on any atom is -0.481 e. The number of carbonyl (C=O) groups is 3. The second kappa shape index (κ2) is 7.42. The van der Waals surface area contributed by atoms with Crippen molar-refractivity contribution < 1.29 is 23.9 Å². The van der Waals surface area contributed by atoms with Crippen molar-refractivity contribution in [2.24, 2.45) is 5.92 Å². The zero-order valence-electron chi connectivity index (χ0n) is 13.7. The van der Waals surface area contributed by atoms with Crippen molar-refractivity contribution >= 4 is 23.5 Å². The van der Waals surface area contributed by atoms with Crippen molar-refractivity contribution in [1.29, 1.82) is 0 Å². The molecule has 1 fully saturated rings. The molecule has 2 N–H and O–H groups in total. The molecular formula is C17H21FN2O4. The molecule has 0 bridgehead atoms. The topological polar surface area (TPSA) is 86.7 Å². The largest absolute Gasteiger partial charge is 0.481 e.